The topological polar surface area (TPSA) is 67.2 Å². The van der Waals surface area contributed by atoms with E-state index in [-0.39, 0.29) is 18.1 Å². The molecule has 0 radical (unpaired) electrons. The van der Waals surface area contributed by atoms with E-state index >= 15 is 0 Å². The first kappa shape index (κ1) is 5.71. The molecule has 8 heavy (non-hydrogen) atoms. The number of hydrogen-bond acceptors (Lipinski definition) is 4. The zero-order valence-corrected chi connectivity index (χ0v) is 4.86. The van der Waals surface area contributed by atoms with E-state index in [0.717, 1.165) is 0 Å². The molecule has 0 spiro atoms. The second-order valence-electron chi connectivity index (χ2n) is 1.57. The fourth-order valence-electron chi connectivity index (χ4n) is 0.458. The summed E-state index contributed by atoms with van der Waals surface area (Å²) in [7, 11) is -3.32. The third-order valence-corrected chi connectivity index (χ3v) is 1.94. The lowest BCUT2D eigenvalue weighted by molar-refractivity contribution is 0.385. The van der Waals surface area contributed by atoms with Crippen molar-refractivity contribution in [1.82, 2.24) is 0 Å². The number of rotatable bonds is 0. The largest absolute Gasteiger partial charge is 0.306 e. The molecule has 0 bridgehead atoms. The third kappa shape index (κ3) is 1.05. The fraction of sp³-hybridized carbons (Fsp3) is 0.667. The zero-order valence-electron chi connectivity index (χ0n) is 4.05. The highest BCUT2D eigenvalue weighted by Crippen LogP contribution is 2.02. The highest BCUT2D eigenvalue weighted by atomic mass is 32.2. The van der Waals surface area contributed by atoms with E-state index < -0.39 is 10.1 Å². The van der Waals surface area contributed by atoms with Gasteiger partial charge in [-0.15, -0.1) is 0 Å². The predicted molar refractivity (Wildman–Crippen MR) is 27.5 cm³/mol. The molecule has 0 aromatic carbocycles. The van der Waals surface area contributed by atoms with Gasteiger partial charge in [0, 0.05) is 0 Å². The van der Waals surface area contributed by atoms with Gasteiger partial charge in [-0.2, -0.15) is 8.42 Å². The second kappa shape index (κ2) is 1.53. The Labute approximate surface area is 47.1 Å². The van der Waals surface area contributed by atoms with Gasteiger partial charge in [-0.1, -0.05) is 0 Å². The minimum absolute atomic E-state index is 0.0532. The maximum absolute atomic E-state index is 10.3. The average molecular weight is 135 g/mol. The molecule has 0 aromatic heterocycles. The van der Waals surface area contributed by atoms with Gasteiger partial charge in [0.2, 0.25) is 0 Å². The molecule has 0 unspecified atom stereocenters. The predicted octanol–water partition coefficient (Wildman–Crippen LogP) is -0.634. The van der Waals surface area contributed by atoms with E-state index in [1.165, 1.54) is 0 Å². The molecular weight excluding hydrogens is 130 g/mol. The van der Waals surface area contributed by atoms with E-state index in [4.69, 9.17) is 5.41 Å². The first-order valence-electron chi connectivity index (χ1n) is 2.03. The molecule has 1 aliphatic heterocycles. The molecule has 4 nitrogen and oxygen atoms in total. The van der Waals surface area contributed by atoms with Crippen LogP contribution in [0.3, 0.4) is 0 Å². The summed E-state index contributed by atoms with van der Waals surface area (Å²) in [5, 5.41) is 6.80. The summed E-state index contributed by atoms with van der Waals surface area (Å²) in [6.45, 7) is -0.0532. The van der Waals surface area contributed by atoms with Crippen molar-refractivity contribution < 1.29 is 12.6 Å². The molecule has 1 saturated heterocycles. The van der Waals surface area contributed by atoms with E-state index in [1.807, 2.05) is 0 Å². The van der Waals surface area contributed by atoms with E-state index in [2.05, 4.69) is 4.18 Å². The van der Waals surface area contributed by atoms with Gasteiger partial charge in [-0.25, -0.2) is 0 Å². The van der Waals surface area contributed by atoms with E-state index in [9.17, 15) is 8.42 Å². The molecular formula is C3H5NO3S. The van der Waals surface area contributed by atoms with Crippen LogP contribution in [0, 0.1) is 5.41 Å². The Kier molecular flexibility index (Phi) is 1.09. The molecule has 1 heterocycles. The van der Waals surface area contributed by atoms with Crippen molar-refractivity contribution in [1.29, 1.82) is 5.41 Å². The van der Waals surface area contributed by atoms with Crippen molar-refractivity contribution in [3.05, 3.63) is 0 Å². The lowest BCUT2D eigenvalue weighted by Crippen LogP contribution is -2.01. The summed E-state index contributed by atoms with van der Waals surface area (Å²) in [6, 6.07) is 0. The van der Waals surface area contributed by atoms with Gasteiger partial charge in [0.25, 0.3) is 10.1 Å². The van der Waals surface area contributed by atoms with Crippen molar-refractivity contribution in [2.45, 2.75) is 0 Å². The molecule has 1 aliphatic rings. The van der Waals surface area contributed by atoms with Gasteiger partial charge >= 0.3 is 0 Å². The lowest BCUT2D eigenvalue weighted by atomic mass is 10.5. The maximum atomic E-state index is 10.3. The summed E-state index contributed by atoms with van der Waals surface area (Å²) in [4.78, 5) is 0. The van der Waals surface area contributed by atoms with Gasteiger partial charge < -0.3 is 5.41 Å². The number of hydrogen-bond donors (Lipinski definition) is 1. The summed E-state index contributed by atoms with van der Waals surface area (Å²) in [5.41, 5.74) is 0.130. The Morgan fingerprint density at radius 2 is 2.25 bits per heavy atom. The first-order valence-corrected chi connectivity index (χ1v) is 3.61. The Morgan fingerprint density at radius 3 is 2.38 bits per heavy atom. The van der Waals surface area contributed by atoms with Crippen LogP contribution in [0.1, 0.15) is 0 Å². The molecule has 46 valence electrons. The van der Waals surface area contributed by atoms with Crippen LogP contribution in [-0.2, 0) is 14.3 Å². The van der Waals surface area contributed by atoms with Crippen molar-refractivity contribution in [2.24, 2.45) is 0 Å². The standard InChI is InChI=1S/C3H5NO3S/c4-3-1-7-8(5,6)2-3/h4H,1-2H2. The molecule has 1 fully saturated rings. The van der Waals surface area contributed by atoms with Crippen LogP contribution in [0.25, 0.3) is 0 Å². The minimum Gasteiger partial charge on any atom is -0.306 e. The molecule has 1 N–H and O–H groups in total. The smallest absolute Gasteiger partial charge is 0.273 e. The normalized spacial score (nSPS) is 26.2. The Bertz CT molecular complexity index is 205. The van der Waals surface area contributed by atoms with Gasteiger partial charge in [-0.3, -0.25) is 4.18 Å². The SMILES string of the molecule is N=C1COS(=O)(=O)C1. The molecule has 0 aliphatic carbocycles. The summed E-state index contributed by atoms with van der Waals surface area (Å²) in [5.74, 6) is -0.229. The van der Waals surface area contributed by atoms with E-state index in [1.54, 1.807) is 0 Å². The van der Waals surface area contributed by atoms with Crippen LogP contribution < -0.4 is 0 Å². The molecule has 0 amide bonds. The third-order valence-electron chi connectivity index (χ3n) is 0.764. The van der Waals surface area contributed by atoms with Gasteiger partial charge in [-0.05, 0) is 0 Å². The molecule has 0 atom stereocenters. The van der Waals surface area contributed by atoms with Crippen LogP contribution in [-0.4, -0.2) is 26.5 Å². The summed E-state index contributed by atoms with van der Waals surface area (Å²) >= 11 is 0. The highest BCUT2D eigenvalue weighted by Gasteiger charge is 2.22. The van der Waals surface area contributed by atoms with Gasteiger partial charge in [0.1, 0.15) is 12.4 Å². The van der Waals surface area contributed by atoms with Gasteiger partial charge in [0.05, 0.1) is 5.71 Å². The lowest BCUT2D eigenvalue weighted by Gasteiger charge is -1.82. The Hall–Kier alpha value is -0.420. The minimum atomic E-state index is -3.32. The quantitative estimate of drug-likeness (QED) is 0.449. The summed E-state index contributed by atoms with van der Waals surface area (Å²) in [6.07, 6.45) is 0. The fourth-order valence-corrected chi connectivity index (χ4v) is 1.37. The van der Waals surface area contributed by atoms with Crippen LogP contribution >= 0.6 is 0 Å². The molecule has 5 heteroatoms. The summed E-state index contributed by atoms with van der Waals surface area (Å²) < 4.78 is 24.8. The average Bonchev–Trinajstić information content (AvgIpc) is 1.82. The number of nitrogens with one attached hydrogen (secondary N) is 1. The van der Waals surface area contributed by atoms with Crippen molar-refractivity contribution in [2.75, 3.05) is 12.4 Å². The van der Waals surface area contributed by atoms with Crippen LogP contribution in [0.15, 0.2) is 0 Å². The van der Waals surface area contributed by atoms with Crippen molar-refractivity contribution in [3.8, 4) is 0 Å². The molecule has 1 rings (SSSR count). The monoisotopic (exact) mass is 135 g/mol. The van der Waals surface area contributed by atoms with Crippen LogP contribution in [0.5, 0.6) is 0 Å². The second-order valence-corrected chi connectivity index (χ2v) is 3.21. The zero-order chi connectivity index (χ0) is 6.20. The highest BCUT2D eigenvalue weighted by molar-refractivity contribution is 7.87. The first-order chi connectivity index (χ1) is 3.60. The van der Waals surface area contributed by atoms with Crippen molar-refractivity contribution >= 4 is 15.8 Å². The van der Waals surface area contributed by atoms with Crippen LogP contribution in [0.2, 0.25) is 0 Å². The Morgan fingerprint density at radius 1 is 1.62 bits per heavy atom. The molecule has 0 aromatic rings. The van der Waals surface area contributed by atoms with Gasteiger partial charge in [0.15, 0.2) is 0 Å². The molecule has 0 saturated carbocycles. The van der Waals surface area contributed by atoms with Crippen molar-refractivity contribution in [3.63, 3.8) is 0 Å². The maximum Gasteiger partial charge on any atom is 0.273 e. The van der Waals surface area contributed by atoms with E-state index in [0.29, 0.717) is 0 Å². The Balaban J connectivity index is 2.86. The van der Waals surface area contributed by atoms with Crippen LogP contribution in [0.4, 0.5) is 0 Å².